The summed E-state index contributed by atoms with van der Waals surface area (Å²) in [5.74, 6) is 0.206. The SMILES string of the molecule is CCCCN(C)C(=O)CN1CCN(CC(=O)Nc2cccc(C)c2C)CC1. The molecule has 0 atom stereocenters. The van der Waals surface area contributed by atoms with Crippen molar-refractivity contribution in [1.82, 2.24) is 14.7 Å². The zero-order chi connectivity index (χ0) is 19.8. The lowest BCUT2D eigenvalue weighted by molar-refractivity contribution is -0.131. The van der Waals surface area contributed by atoms with E-state index in [1.807, 2.05) is 44.0 Å². The van der Waals surface area contributed by atoms with Gasteiger partial charge < -0.3 is 10.2 Å². The maximum Gasteiger partial charge on any atom is 0.238 e. The van der Waals surface area contributed by atoms with Crippen molar-refractivity contribution in [3.05, 3.63) is 29.3 Å². The highest BCUT2D eigenvalue weighted by Crippen LogP contribution is 2.17. The van der Waals surface area contributed by atoms with Crippen molar-refractivity contribution in [2.45, 2.75) is 33.6 Å². The van der Waals surface area contributed by atoms with Crippen molar-refractivity contribution in [2.75, 3.05) is 58.2 Å². The maximum absolute atomic E-state index is 12.4. The first kappa shape index (κ1) is 21.4. The van der Waals surface area contributed by atoms with Crippen molar-refractivity contribution in [3.63, 3.8) is 0 Å². The first-order chi connectivity index (χ1) is 12.9. The average molecular weight is 375 g/mol. The van der Waals surface area contributed by atoms with Crippen LogP contribution in [-0.2, 0) is 9.59 Å². The molecule has 1 aromatic carbocycles. The van der Waals surface area contributed by atoms with E-state index in [-0.39, 0.29) is 11.8 Å². The van der Waals surface area contributed by atoms with Gasteiger partial charge in [-0.05, 0) is 37.5 Å². The summed E-state index contributed by atoms with van der Waals surface area (Å²) in [6.07, 6.45) is 2.14. The van der Waals surface area contributed by atoms with Crippen LogP contribution in [-0.4, -0.2) is 79.4 Å². The van der Waals surface area contributed by atoms with Crippen LogP contribution in [0.15, 0.2) is 18.2 Å². The standard InChI is InChI=1S/C21H34N4O2/c1-5-6-10-23(4)21(27)16-25-13-11-24(12-14-25)15-20(26)22-19-9-7-8-17(2)18(19)3/h7-9H,5-6,10-16H2,1-4H3,(H,22,26). The van der Waals surface area contributed by atoms with E-state index in [0.29, 0.717) is 13.1 Å². The van der Waals surface area contributed by atoms with Gasteiger partial charge in [-0.2, -0.15) is 0 Å². The molecule has 1 saturated heterocycles. The molecule has 0 unspecified atom stereocenters. The lowest BCUT2D eigenvalue weighted by Crippen LogP contribution is -2.51. The minimum Gasteiger partial charge on any atom is -0.345 e. The van der Waals surface area contributed by atoms with Crippen LogP contribution in [0, 0.1) is 13.8 Å². The first-order valence-electron chi connectivity index (χ1n) is 9.95. The van der Waals surface area contributed by atoms with Crippen molar-refractivity contribution in [3.8, 4) is 0 Å². The van der Waals surface area contributed by atoms with E-state index in [2.05, 4.69) is 22.0 Å². The summed E-state index contributed by atoms with van der Waals surface area (Å²) in [5, 5.41) is 3.02. The molecule has 2 rings (SSSR count). The topological polar surface area (TPSA) is 55.9 Å². The molecule has 1 aliphatic rings. The predicted molar refractivity (Wildman–Crippen MR) is 110 cm³/mol. The minimum atomic E-state index is 0.0209. The first-order valence-corrected chi connectivity index (χ1v) is 9.95. The molecule has 1 fully saturated rings. The molecule has 6 heteroatoms. The van der Waals surface area contributed by atoms with E-state index >= 15 is 0 Å². The Balaban J connectivity index is 1.73. The monoisotopic (exact) mass is 374 g/mol. The minimum absolute atomic E-state index is 0.0209. The van der Waals surface area contributed by atoms with Gasteiger partial charge in [-0.15, -0.1) is 0 Å². The molecule has 0 aromatic heterocycles. The molecular weight excluding hydrogens is 340 g/mol. The molecule has 0 bridgehead atoms. The Kier molecular flexibility index (Phi) is 8.25. The normalized spacial score (nSPS) is 15.6. The van der Waals surface area contributed by atoms with Crippen LogP contribution in [0.25, 0.3) is 0 Å². The average Bonchev–Trinajstić information content (AvgIpc) is 2.65. The van der Waals surface area contributed by atoms with E-state index in [4.69, 9.17) is 0 Å². The van der Waals surface area contributed by atoms with Crippen LogP contribution < -0.4 is 5.32 Å². The number of unbranched alkanes of at least 4 members (excludes halogenated alkanes) is 1. The van der Waals surface area contributed by atoms with E-state index in [1.165, 1.54) is 5.56 Å². The molecule has 1 aliphatic heterocycles. The Morgan fingerprint density at radius 3 is 2.33 bits per heavy atom. The van der Waals surface area contributed by atoms with Crippen LogP contribution in [0.2, 0.25) is 0 Å². The maximum atomic E-state index is 12.4. The Bertz CT molecular complexity index is 639. The van der Waals surface area contributed by atoms with Gasteiger partial charge in [-0.1, -0.05) is 25.5 Å². The fraction of sp³-hybridized carbons (Fsp3) is 0.619. The van der Waals surface area contributed by atoms with Gasteiger partial charge in [-0.3, -0.25) is 19.4 Å². The number of carbonyl (C=O) groups is 2. The number of benzene rings is 1. The number of anilines is 1. The number of amides is 2. The summed E-state index contributed by atoms with van der Waals surface area (Å²) < 4.78 is 0. The Morgan fingerprint density at radius 2 is 1.70 bits per heavy atom. The molecule has 0 spiro atoms. The molecule has 1 N–H and O–H groups in total. The third-order valence-electron chi connectivity index (χ3n) is 5.34. The largest absolute Gasteiger partial charge is 0.345 e. The number of hydrogen-bond acceptors (Lipinski definition) is 4. The summed E-state index contributed by atoms with van der Waals surface area (Å²) in [6, 6.07) is 5.95. The molecule has 2 amide bonds. The van der Waals surface area contributed by atoms with Gasteiger partial charge in [-0.25, -0.2) is 0 Å². The summed E-state index contributed by atoms with van der Waals surface area (Å²) >= 11 is 0. The zero-order valence-electron chi connectivity index (χ0n) is 17.3. The fourth-order valence-electron chi connectivity index (χ4n) is 3.22. The van der Waals surface area contributed by atoms with E-state index < -0.39 is 0 Å². The summed E-state index contributed by atoms with van der Waals surface area (Å²) in [7, 11) is 1.88. The van der Waals surface area contributed by atoms with Gasteiger partial charge >= 0.3 is 0 Å². The molecule has 0 radical (unpaired) electrons. The summed E-state index contributed by atoms with van der Waals surface area (Å²) in [4.78, 5) is 30.8. The molecule has 1 aromatic rings. The van der Waals surface area contributed by atoms with Gasteiger partial charge in [0.1, 0.15) is 0 Å². The van der Waals surface area contributed by atoms with Gasteiger partial charge in [0.15, 0.2) is 0 Å². The van der Waals surface area contributed by atoms with Crippen LogP contribution in [0.5, 0.6) is 0 Å². The predicted octanol–water partition coefficient (Wildman–Crippen LogP) is 2.12. The lowest BCUT2D eigenvalue weighted by Gasteiger charge is -2.34. The summed E-state index contributed by atoms with van der Waals surface area (Å²) in [6.45, 7) is 11.2. The van der Waals surface area contributed by atoms with Crippen LogP contribution >= 0.6 is 0 Å². The second kappa shape index (κ2) is 10.4. The van der Waals surface area contributed by atoms with Crippen LogP contribution in [0.4, 0.5) is 5.69 Å². The van der Waals surface area contributed by atoms with Crippen LogP contribution in [0.3, 0.4) is 0 Å². The third kappa shape index (κ3) is 6.63. The smallest absolute Gasteiger partial charge is 0.238 e. The van der Waals surface area contributed by atoms with Gasteiger partial charge in [0, 0.05) is 45.5 Å². The highest BCUT2D eigenvalue weighted by Gasteiger charge is 2.21. The molecule has 0 saturated carbocycles. The number of nitrogens with one attached hydrogen (secondary N) is 1. The van der Waals surface area contributed by atoms with E-state index in [0.717, 1.165) is 56.8 Å². The molecule has 27 heavy (non-hydrogen) atoms. The molecular formula is C21H34N4O2. The zero-order valence-corrected chi connectivity index (χ0v) is 17.3. The number of hydrogen-bond donors (Lipinski definition) is 1. The van der Waals surface area contributed by atoms with Crippen molar-refractivity contribution < 1.29 is 9.59 Å². The fourth-order valence-corrected chi connectivity index (χ4v) is 3.22. The van der Waals surface area contributed by atoms with Gasteiger partial charge in [0.05, 0.1) is 13.1 Å². The number of rotatable bonds is 8. The summed E-state index contributed by atoms with van der Waals surface area (Å²) in [5.41, 5.74) is 3.18. The molecule has 6 nitrogen and oxygen atoms in total. The number of aryl methyl sites for hydroxylation is 1. The Labute approximate surface area is 163 Å². The third-order valence-corrected chi connectivity index (χ3v) is 5.34. The van der Waals surface area contributed by atoms with Crippen molar-refractivity contribution in [1.29, 1.82) is 0 Å². The van der Waals surface area contributed by atoms with E-state index in [9.17, 15) is 9.59 Å². The number of nitrogens with zero attached hydrogens (tertiary/aromatic N) is 3. The van der Waals surface area contributed by atoms with Gasteiger partial charge in [0.25, 0.3) is 0 Å². The van der Waals surface area contributed by atoms with Gasteiger partial charge in [0.2, 0.25) is 11.8 Å². The van der Waals surface area contributed by atoms with E-state index in [1.54, 1.807) is 0 Å². The second-order valence-corrected chi connectivity index (χ2v) is 7.52. The number of carbonyl (C=O) groups excluding carboxylic acids is 2. The Hall–Kier alpha value is -1.92. The second-order valence-electron chi connectivity index (χ2n) is 7.52. The highest BCUT2D eigenvalue weighted by molar-refractivity contribution is 5.93. The Morgan fingerprint density at radius 1 is 1.07 bits per heavy atom. The van der Waals surface area contributed by atoms with Crippen molar-refractivity contribution >= 4 is 17.5 Å². The van der Waals surface area contributed by atoms with Crippen molar-refractivity contribution in [2.24, 2.45) is 0 Å². The highest BCUT2D eigenvalue weighted by atomic mass is 16.2. The number of likely N-dealkylation sites (N-methyl/N-ethyl adjacent to an activating group) is 1. The van der Waals surface area contributed by atoms with Crippen LogP contribution in [0.1, 0.15) is 30.9 Å². The number of piperazine rings is 1. The molecule has 1 heterocycles. The molecule has 0 aliphatic carbocycles. The lowest BCUT2D eigenvalue weighted by atomic mass is 10.1. The quantitative estimate of drug-likeness (QED) is 0.757. The molecule has 150 valence electrons.